The molecule has 0 aliphatic carbocycles. The largest absolute Gasteiger partial charge is 0.456 e. The summed E-state index contributed by atoms with van der Waals surface area (Å²) in [5.74, 6) is 0. The molecule has 0 saturated heterocycles. The van der Waals surface area contributed by atoms with Gasteiger partial charge in [-0.2, -0.15) is 0 Å². The molecule has 0 unspecified atom stereocenters. The van der Waals surface area contributed by atoms with Crippen LogP contribution in [0.5, 0.6) is 0 Å². The normalized spacial score (nSPS) is 11.9. The highest BCUT2D eigenvalue weighted by molar-refractivity contribution is 6.19. The zero-order valence-corrected chi connectivity index (χ0v) is 79.6. The van der Waals surface area contributed by atoms with Crippen molar-refractivity contribution in [2.45, 2.75) is 0 Å². The molecule has 0 amide bonds. The molecule has 0 bridgehead atoms. The van der Waals surface area contributed by atoms with Crippen molar-refractivity contribution in [2.75, 3.05) is 0 Å². The molecule has 147 heavy (non-hydrogen) atoms. The maximum Gasteiger partial charge on any atom is 0.135 e. The van der Waals surface area contributed by atoms with E-state index in [2.05, 4.69) is 513 Å². The second-order valence-corrected chi connectivity index (χ2v) is 38.5. The van der Waals surface area contributed by atoms with Crippen LogP contribution in [-0.4, -0.2) is 27.4 Å². The van der Waals surface area contributed by atoms with Crippen LogP contribution in [0.2, 0.25) is 0 Å². The highest BCUT2D eigenvalue weighted by atomic mass is 16.3. The monoisotopic (exact) mass is 1870 g/mol. The van der Waals surface area contributed by atoms with Crippen molar-refractivity contribution in [1.29, 1.82) is 0 Å². The lowest BCUT2D eigenvalue weighted by atomic mass is 10.0. The zero-order valence-electron chi connectivity index (χ0n) is 79.6. The first kappa shape index (κ1) is 83.1. The van der Waals surface area contributed by atoms with Gasteiger partial charge in [0.2, 0.25) is 0 Å². The van der Waals surface area contributed by atoms with Crippen molar-refractivity contribution < 1.29 is 13.3 Å². The summed E-state index contributed by atoms with van der Waals surface area (Å²) in [5.41, 5.74) is 38.8. The molecule has 9 nitrogen and oxygen atoms in total. The molecule has 686 valence electrons. The van der Waals surface area contributed by atoms with E-state index in [9.17, 15) is 0 Å². The van der Waals surface area contributed by atoms with Gasteiger partial charge in [-0.15, -0.1) is 0 Å². The Bertz CT molecular complexity index is 11000. The van der Waals surface area contributed by atoms with Crippen molar-refractivity contribution in [3.8, 4) is 89.8 Å². The summed E-state index contributed by atoms with van der Waals surface area (Å²) < 4.78 is 32.8. The minimum Gasteiger partial charge on any atom is -0.456 e. The number of rotatable bonds is 11. The number of benzene rings is 23. The molecule has 0 atom stereocenters. The minimum absolute atomic E-state index is 0.906. The van der Waals surface area contributed by atoms with Gasteiger partial charge in [0, 0.05) is 131 Å². The van der Waals surface area contributed by atoms with Crippen LogP contribution in [0.15, 0.2) is 535 Å². The van der Waals surface area contributed by atoms with Gasteiger partial charge < -0.3 is 40.7 Å². The van der Waals surface area contributed by atoms with Gasteiger partial charge in [-0.1, -0.05) is 303 Å². The van der Waals surface area contributed by atoms with Crippen molar-refractivity contribution in [3.05, 3.63) is 522 Å². The first-order chi connectivity index (χ1) is 72.9. The van der Waals surface area contributed by atoms with E-state index in [0.29, 0.717) is 0 Å². The summed E-state index contributed by atoms with van der Waals surface area (Å²) in [6, 6.07) is 188. The molecule has 23 aromatic carbocycles. The van der Waals surface area contributed by atoms with Gasteiger partial charge in [0.1, 0.15) is 33.5 Å². The Balaban J connectivity index is 0.000000102. The molecule has 0 spiro atoms. The van der Waals surface area contributed by atoms with E-state index in [1.807, 2.05) is 36.4 Å². The molecule has 9 heterocycles. The Morgan fingerprint density at radius 1 is 0.0952 bits per heavy atom. The summed E-state index contributed by atoms with van der Waals surface area (Å²) >= 11 is 0. The Hall–Kier alpha value is -19.7. The van der Waals surface area contributed by atoms with Crippen LogP contribution in [0.25, 0.3) is 286 Å². The lowest BCUT2D eigenvalue weighted by Gasteiger charge is -2.11. The smallest absolute Gasteiger partial charge is 0.135 e. The number of hydrogen-bond donors (Lipinski definition) is 0. The van der Waals surface area contributed by atoms with Crippen LogP contribution in [-0.2, 0) is 0 Å². The van der Waals surface area contributed by atoms with Crippen LogP contribution in [0.4, 0.5) is 0 Å². The van der Waals surface area contributed by atoms with E-state index >= 15 is 0 Å². The molecule has 9 heteroatoms. The van der Waals surface area contributed by atoms with Crippen LogP contribution < -0.4 is 0 Å². The molecular weight excluding hydrogens is 1790 g/mol. The number of nitrogens with zero attached hydrogens (tertiary/aromatic N) is 6. The summed E-state index contributed by atoms with van der Waals surface area (Å²) in [6.45, 7) is 0. The molecule has 32 rings (SSSR count). The SMILES string of the molecule is c1ccc(-c2ccc(-n3c4ccccc4c4cc(-c5ccc6c(c5)c5ccccc5n6-c5ccc6oc7ccccc7c6c5)ccc43)cc2)cc1.c1ccc(-c2cccc(-n3c4ccccc4c4cc(-c5ccc6c(c5)c5ccccc5n6-c5ccc6oc7ccccc7c6c5)ccc43)c2)cc1.c1ccc(-n2c3ccccc3c3cc(-c4ccc5c(c4)c4ccccc4n5-c4ccc5oc6ccccc6c5c4)ccc32)cc1. The molecule has 0 N–H and O–H groups in total. The van der Waals surface area contributed by atoms with E-state index in [1.54, 1.807) is 0 Å². The standard InChI is InChI=1S/2C48H30N2O.C42H26N2O/c1-2-11-31(12-3-1)32-13-10-14-35(27-32)49-43-18-7-4-15-37(43)40-28-33(21-24-45(40)49)34-22-25-46-41(29-34)38-16-5-8-19-44(38)50(46)36-23-26-48-42(30-36)39-17-6-9-20-47(39)51-48;1-2-10-31(11-3-1)32-18-22-35(23-19-32)49-43-15-7-4-12-37(43)40-28-33(20-25-45(40)49)34-21-26-46-41(29-34)38-13-5-8-16-44(38)50(46)36-24-27-48-42(30-36)39-14-6-9-17-47(39)51-48;1-2-10-29(11-3-1)43-37-15-7-4-12-31(37)34-24-27(18-21-39(34)43)28-19-22-40-35(25-28)32-13-5-8-16-38(32)44(40)30-20-23-42-36(26-30)33-14-6-9-17-41(33)45-42/h2*1-30H;1-26H. The predicted octanol–water partition coefficient (Wildman–Crippen LogP) is 37.7. The first-order valence-electron chi connectivity index (χ1n) is 50.2. The third-order valence-electron chi connectivity index (χ3n) is 30.3. The maximum atomic E-state index is 6.16. The van der Waals surface area contributed by atoms with E-state index in [1.165, 1.54) is 192 Å². The van der Waals surface area contributed by atoms with Gasteiger partial charge in [0.25, 0.3) is 0 Å². The van der Waals surface area contributed by atoms with Crippen LogP contribution in [0, 0.1) is 0 Å². The summed E-state index contributed by atoms with van der Waals surface area (Å²) in [7, 11) is 0. The fourth-order valence-electron chi connectivity index (χ4n) is 23.6. The van der Waals surface area contributed by atoms with Gasteiger partial charge >= 0.3 is 0 Å². The quantitative estimate of drug-likeness (QED) is 0.130. The molecule has 0 aliphatic rings. The average Bonchev–Trinajstić information content (AvgIpc) is 1.58. The second-order valence-electron chi connectivity index (χ2n) is 38.5. The van der Waals surface area contributed by atoms with E-state index in [0.717, 1.165) is 94.3 Å². The lowest BCUT2D eigenvalue weighted by molar-refractivity contribution is 0.668. The summed E-state index contributed by atoms with van der Waals surface area (Å²) in [5, 5.41) is 21.8. The lowest BCUT2D eigenvalue weighted by Crippen LogP contribution is -1.94. The third-order valence-corrected chi connectivity index (χ3v) is 30.3. The van der Waals surface area contributed by atoms with E-state index < -0.39 is 0 Å². The van der Waals surface area contributed by atoms with Gasteiger partial charge in [0.15, 0.2) is 0 Å². The highest BCUT2D eigenvalue weighted by Gasteiger charge is 2.25. The molecule has 0 saturated carbocycles. The van der Waals surface area contributed by atoms with Gasteiger partial charge in [-0.25, -0.2) is 0 Å². The van der Waals surface area contributed by atoms with Gasteiger partial charge in [-0.3, -0.25) is 0 Å². The molecule has 9 aromatic heterocycles. The second kappa shape index (κ2) is 33.5. The molecule has 0 fully saturated rings. The molecule has 32 aromatic rings. The van der Waals surface area contributed by atoms with E-state index in [4.69, 9.17) is 13.3 Å². The Labute approximate surface area is 842 Å². The average molecular weight is 1880 g/mol. The topological polar surface area (TPSA) is 69.0 Å². The molecular formula is C138H86N6O3. The third kappa shape index (κ3) is 13.5. The predicted molar refractivity (Wildman–Crippen MR) is 614 cm³/mol. The van der Waals surface area contributed by atoms with Gasteiger partial charge in [-0.05, 0) is 274 Å². The minimum atomic E-state index is 0.906. The molecule has 0 aliphatic heterocycles. The first-order valence-corrected chi connectivity index (χ1v) is 50.2. The summed E-state index contributed by atoms with van der Waals surface area (Å²) in [6.07, 6.45) is 0. The number of para-hydroxylation sites is 10. The Morgan fingerprint density at radius 3 is 0.578 bits per heavy atom. The summed E-state index contributed by atoms with van der Waals surface area (Å²) in [4.78, 5) is 0. The van der Waals surface area contributed by atoms with E-state index in [-0.39, 0.29) is 0 Å². The van der Waals surface area contributed by atoms with Gasteiger partial charge in [0.05, 0.1) is 66.2 Å². The fraction of sp³-hybridized carbons (Fsp3) is 0. The zero-order chi connectivity index (χ0) is 96.4. The number of fused-ring (bicyclic) bond motifs is 27. The van der Waals surface area contributed by atoms with Crippen LogP contribution >= 0.6 is 0 Å². The highest BCUT2D eigenvalue weighted by Crippen LogP contribution is 2.47. The Morgan fingerprint density at radius 2 is 0.279 bits per heavy atom. The maximum absolute atomic E-state index is 6.16. The fourth-order valence-corrected chi connectivity index (χ4v) is 23.6. The molecule has 0 radical (unpaired) electrons. The number of aromatic nitrogens is 6. The Kier molecular flexibility index (Phi) is 18.9. The van der Waals surface area contributed by atoms with Crippen LogP contribution in [0.1, 0.15) is 0 Å². The number of furan rings is 3. The van der Waals surface area contributed by atoms with Crippen molar-refractivity contribution >= 4 is 197 Å². The van der Waals surface area contributed by atoms with Crippen molar-refractivity contribution in [3.63, 3.8) is 0 Å². The van der Waals surface area contributed by atoms with Crippen molar-refractivity contribution in [1.82, 2.24) is 27.4 Å². The number of hydrogen-bond acceptors (Lipinski definition) is 3. The van der Waals surface area contributed by atoms with Crippen molar-refractivity contribution in [2.24, 2.45) is 0 Å². The van der Waals surface area contributed by atoms with Crippen LogP contribution in [0.3, 0.4) is 0 Å².